The van der Waals surface area contributed by atoms with Crippen LogP contribution in [0.5, 0.6) is 0 Å². The second-order valence-corrected chi connectivity index (χ2v) is 6.36. The zero-order chi connectivity index (χ0) is 13.9. The lowest BCUT2D eigenvalue weighted by Crippen LogP contribution is -2.27. The van der Waals surface area contributed by atoms with Gasteiger partial charge in [0.25, 0.3) is 0 Å². The summed E-state index contributed by atoms with van der Waals surface area (Å²) in [5.41, 5.74) is 1.47. The Morgan fingerprint density at radius 2 is 1.79 bits per heavy atom. The van der Waals surface area contributed by atoms with Gasteiger partial charge in [0.05, 0.1) is 17.1 Å². The molecule has 1 heterocycles. The number of aromatic nitrogens is 1. The Morgan fingerprint density at radius 1 is 1.11 bits per heavy atom. The third-order valence-electron chi connectivity index (χ3n) is 2.89. The van der Waals surface area contributed by atoms with Crippen LogP contribution in [0.15, 0.2) is 53.6 Å². The average molecular weight is 276 g/mol. The molecule has 100 valence electrons. The summed E-state index contributed by atoms with van der Waals surface area (Å²) in [5.74, 6) is 0. The van der Waals surface area contributed by atoms with Gasteiger partial charge in [0.1, 0.15) is 0 Å². The fraction of sp³-hybridized carbons (Fsp3) is 0.214. The molecule has 19 heavy (non-hydrogen) atoms. The number of sulfonamides is 1. The standard InChI is InChI=1S/C14H16N2O2S/c1-12-7-3-4-9-14(12)19(17,18)16(2)11-13-8-5-6-10-15-13/h3-10H,11H2,1-2H3. The highest BCUT2D eigenvalue weighted by atomic mass is 32.2. The van der Waals surface area contributed by atoms with Crippen LogP contribution in [0, 0.1) is 6.92 Å². The summed E-state index contributed by atoms with van der Waals surface area (Å²) >= 11 is 0. The first-order chi connectivity index (χ1) is 9.01. The molecule has 0 spiro atoms. The fourth-order valence-electron chi connectivity index (χ4n) is 1.82. The zero-order valence-electron chi connectivity index (χ0n) is 10.9. The van der Waals surface area contributed by atoms with E-state index in [1.807, 2.05) is 18.2 Å². The van der Waals surface area contributed by atoms with Crippen molar-refractivity contribution in [3.63, 3.8) is 0 Å². The first-order valence-electron chi connectivity index (χ1n) is 5.93. The summed E-state index contributed by atoms with van der Waals surface area (Å²) in [5, 5.41) is 0. The van der Waals surface area contributed by atoms with Gasteiger partial charge in [-0.2, -0.15) is 4.31 Å². The van der Waals surface area contributed by atoms with Crippen LogP contribution in [0.25, 0.3) is 0 Å². The van der Waals surface area contributed by atoms with Crippen LogP contribution in [-0.4, -0.2) is 24.8 Å². The Balaban J connectivity index is 2.28. The minimum Gasteiger partial charge on any atom is -0.260 e. The van der Waals surface area contributed by atoms with Crippen molar-refractivity contribution in [1.29, 1.82) is 0 Å². The molecule has 4 nitrogen and oxygen atoms in total. The van der Waals surface area contributed by atoms with E-state index in [1.54, 1.807) is 44.4 Å². The third kappa shape index (κ3) is 3.00. The summed E-state index contributed by atoms with van der Waals surface area (Å²) in [6, 6.07) is 12.4. The molecule has 2 aromatic rings. The van der Waals surface area contributed by atoms with Crippen LogP contribution in [0.4, 0.5) is 0 Å². The van der Waals surface area contributed by atoms with Crippen molar-refractivity contribution in [2.45, 2.75) is 18.4 Å². The highest BCUT2D eigenvalue weighted by Gasteiger charge is 2.22. The van der Waals surface area contributed by atoms with Gasteiger partial charge in [-0.25, -0.2) is 8.42 Å². The van der Waals surface area contributed by atoms with E-state index in [1.165, 1.54) is 4.31 Å². The van der Waals surface area contributed by atoms with Crippen LogP contribution < -0.4 is 0 Å². The Labute approximate surface area is 113 Å². The molecule has 2 rings (SSSR count). The third-order valence-corrected chi connectivity index (χ3v) is 4.86. The summed E-state index contributed by atoms with van der Waals surface area (Å²) in [6.45, 7) is 2.05. The summed E-state index contributed by atoms with van der Waals surface area (Å²) in [6.07, 6.45) is 1.66. The van der Waals surface area contributed by atoms with Gasteiger partial charge in [-0.1, -0.05) is 24.3 Å². The lowest BCUT2D eigenvalue weighted by atomic mass is 10.2. The van der Waals surface area contributed by atoms with Crippen LogP contribution >= 0.6 is 0 Å². The quantitative estimate of drug-likeness (QED) is 0.860. The molecule has 0 atom stereocenters. The Bertz CT molecular complexity index is 654. The second kappa shape index (κ2) is 5.50. The molecule has 0 saturated heterocycles. The largest absolute Gasteiger partial charge is 0.260 e. The topological polar surface area (TPSA) is 50.3 Å². The Kier molecular flexibility index (Phi) is 3.97. The molecule has 0 fully saturated rings. The minimum absolute atomic E-state index is 0.261. The number of rotatable bonds is 4. The highest BCUT2D eigenvalue weighted by molar-refractivity contribution is 7.89. The van der Waals surface area contributed by atoms with E-state index in [0.717, 1.165) is 11.3 Å². The second-order valence-electron chi connectivity index (χ2n) is 4.35. The van der Waals surface area contributed by atoms with Gasteiger partial charge in [-0.15, -0.1) is 0 Å². The molecular weight excluding hydrogens is 260 g/mol. The molecule has 0 aliphatic rings. The van der Waals surface area contributed by atoms with Gasteiger partial charge >= 0.3 is 0 Å². The molecule has 1 aromatic heterocycles. The number of hydrogen-bond acceptors (Lipinski definition) is 3. The van der Waals surface area contributed by atoms with E-state index in [4.69, 9.17) is 0 Å². The molecule has 0 unspecified atom stereocenters. The highest BCUT2D eigenvalue weighted by Crippen LogP contribution is 2.19. The molecule has 5 heteroatoms. The number of benzene rings is 1. The molecular formula is C14H16N2O2S. The molecule has 0 aliphatic carbocycles. The maximum atomic E-state index is 12.5. The van der Waals surface area contributed by atoms with Gasteiger partial charge in [0.15, 0.2) is 0 Å². The summed E-state index contributed by atoms with van der Waals surface area (Å²) < 4.78 is 26.2. The van der Waals surface area contributed by atoms with Gasteiger partial charge in [-0.05, 0) is 30.7 Å². The zero-order valence-corrected chi connectivity index (χ0v) is 11.8. The van der Waals surface area contributed by atoms with E-state index in [0.29, 0.717) is 4.90 Å². The van der Waals surface area contributed by atoms with E-state index in [9.17, 15) is 8.42 Å². The van der Waals surface area contributed by atoms with Crippen LogP contribution in [0.2, 0.25) is 0 Å². The minimum atomic E-state index is -3.47. The van der Waals surface area contributed by atoms with Crippen molar-refractivity contribution >= 4 is 10.0 Å². The maximum absolute atomic E-state index is 12.5. The number of pyridine rings is 1. The first kappa shape index (κ1) is 13.7. The summed E-state index contributed by atoms with van der Waals surface area (Å²) in [7, 11) is -1.91. The van der Waals surface area contributed by atoms with Gasteiger partial charge in [0, 0.05) is 13.2 Å². The van der Waals surface area contributed by atoms with Crippen molar-refractivity contribution in [2.24, 2.45) is 0 Å². The monoisotopic (exact) mass is 276 g/mol. The van der Waals surface area contributed by atoms with Crippen LogP contribution in [-0.2, 0) is 16.6 Å². The number of nitrogens with zero attached hydrogens (tertiary/aromatic N) is 2. The lowest BCUT2D eigenvalue weighted by Gasteiger charge is -2.18. The molecule has 0 N–H and O–H groups in total. The van der Waals surface area contributed by atoms with E-state index in [2.05, 4.69) is 4.98 Å². The molecule has 0 amide bonds. The smallest absolute Gasteiger partial charge is 0.243 e. The Morgan fingerprint density at radius 3 is 2.42 bits per heavy atom. The SMILES string of the molecule is Cc1ccccc1S(=O)(=O)N(C)Cc1ccccn1. The lowest BCUT2D eigenvalue weighted by molar-refractivity contribution is 0.461. The van der Waals surface area contributed by atoms with Crippen molar-refractivity contribution < 1.29 is 8.42 Å². The Hall–Kier alpha value is -1.72. The van der Waals surface area contributed by atoms with Gasteiger partial charge in [0.2, 0.25) is 10.0 Å². The van der Waals surface area contributed by atoms with Crippen LogP contribution in [0.1, 0.15) is 11.3 Å². The molecule has 0 aliphatic heterocycles. The normalized spacial score (nSPS) is 11.7. The van der Waals surface area contributed by atoms with Crippen molar-refractivity contribution in [3.05, 3.63) is 59.9 Å². The maximum Gasteiger partial charge on any atom is 0.243 e. The van der Waals surface area contributed by atoms with E-state index < -0.39 is 10.0 Å². The van der Waals surface area contributed by atoms with E-state index in [-0.39, 0.29) is 6.54 Å². The molecule has 0 radical (unpaired) electrons. The van der Waals surface area contributed by atoms with Gasteiger partial charge < -0.3 is 0 Å². The number of aryl methyl sites for hydroxylation is 1. The van der Waals surface area contributed by atoms with Crippen molar-refractivity contribution in [3.8, 4) is 0 Å². The average Bonchev–Trinajstić information content (AvgIpc) is 2.40. The first-order valence-corrected chi connectivity index (χ1v) is 7.37. The summed E-state index contributed by atoms with van der Waals surface area (Å²) in [4.78, 5) is 4.48. The predicted octanol–water partition coefficient (Wildman–Crippen LogP) is 2.21. The van der Waals surface area contributed by atoms with E-state index >= 15 is 0 Å². The van der Waals surface area contributed by atoms with Crippen LogP contribution in [0.3, 0.4) is 0 Å². The van der Waals surface area contributed by atoms with Crippen molar-refractivity contribution in [2.75, 3.05) is 7.05 Å². The predicted molar refractivity (Wildman–Crippen MR) is 74.1 cm³/mol. The van der Waals surface area contributed by atoms with Gasteiger partial charge in [-0.3, -0.25) is 4.98 Å². The fourth-order valence-corrected chi connectivity index (χ4v) is 3.18. The number of hydrogen-bond donors (Lipinski definition) is 0. The molecule has 1 aromatic carbocycles. The van der Waals surface area contributed by atoms with Crippen molar-refractivity contribution in [1.82, 2.24) is 9.29 Å². The molecule has 0 bridgehead atoms. The molecule has 0 saturated carbocycles.